The lowest BCUT2D eigenvalue weighted by Crippen LogP contribution is -2.02. The van der Waals surface area contributed by atoms with E-state index in [0.29, 0.717) is 6.54 Å². The monoisotopic (exact) mass is 228 g/mol. The smallest absolute Gasteiger partial charge is 0.137 e. The van der Waals surface area contributed by atoms with Gasteiger partial charge in [0.05, 0.1) is 19.0 Å². The van der Waals surface area contributed by atoms with Crippen LogP contribution in [0.4, 0.5) is 0 Å². The Hall–Kier alpha value is -1.87. The molecular formula is C14H16N2O. The van der Waals surface area contributed by atoms with Crippen molar-refractivity contribution in [2.45, 2.75) is 6.42 Å². The van der Waals surface area contributed by atoms with E-state index in [0.717, 1.165) is 23.4 Å². The Labute approximate surface area is 101 Å². The maximum absolute atomic E-state index is 5.56. The molecule has 0 aliphatic rings. The van der Waals surface area contributed by atoms with Crippen molar-refractivity contribution < 1.29 is 4.74 Å². The van der Waals surface area contributed by atoms with Crippen molar-refractivity contribution in [1.82, 2.24) is 4.98 Å². The van der Waals surface area contributed by atoms with Crippen molar-refractivity contribution in [2.24, 2.45) is 5.73 Å². The summed E-state index contributed by atoms with van der Waals surface area (Å²) in [6.45, 7) is 0.666. The molecule has 0 saturated carbocycles. The summed E-state index contributed by atoms with van der Waals surface area (Å²) in [6.07, 6.45) is 2.62. The lowest BCUT2D eigenvalue weighted by Gasteiger charge is -2.05. The SMILES string of the molecule is COc1ccc(-c2cccc(CCN)c2)nc1. The van der Waals surface area contributed by atoms with Gasteiger partial charge >= 0.3 is 0 Å². The number of hydrogen-bond donors (Lipinski definition) is 1. The Kier molecular flexibility index (Phi) is 3.73. The van der Waals surface area contributed by atoms with Crippen LogP contribution in [0.1, 0.15) is 5.56 Å². The lowest BCUT2D eigenvalue weighted by atomic mass is 10.1. The molecule has 0 saturated heterocycles. The molecule has 0 amide bonds. The lowest BCUT2D eigenvalue weighted by molar-refractivity contribution is 0.413. The summed E-state index contributed by atoms with van der Waals surface area (Å²) >= 11 is 0. The largest absolute Gasteiger partial charge is 0.495 e. The topological polar surface area (TPSA) is 48.1 Å². The van der Waals surface area contributed by atoms with Crippen LogP contribution in [0.2, 0.25) is 0 Å². The molecule has 3 nitrogen and oxygen atoms in total. The third kappa shape index (κ3) is 2.82. The Morgan fingerprint density at radius 2 is 2.12 bits per heavy atom. The number of hydrogen-bond acceptors (Lipinski definition) is 3. The van der Waals surface area contributed by atoms with Crippen LogP contribution in [0.5, 0.6) is 5.75 Å². The number of nitrogens with two attached hydrogens (primary N) is 1. The van der Waals surface area contributed by atoms with Crippen molar-refractivity contribution in [3.63, 3.8) is 0 Å². The fourth-order valence-electron chi connectivity index (χ4n) is 1.72. The normalized spacial score (nSPS) is 10.2. The van der Waals surface area contributed by atoms with Crippen LogP contribution in [0, 0.1) is 0 Å². The van der Waals surface area contributed by atoms with Crippen molar-refractivity contribution in [1.29, 1.82) is 0 Å². The summed E-state index contributed by atoms with van der Waals surface area (Å²) < 4.78 is 5.09. The van der Waals surface area contributed by atoms with Gasteiger partial charge in [-0.2, -0.15) is 0 Å². The average molecular weight is 228 g/mol. The minimum absolute atomic E-state index is 0.666. The van der Waals surface area contributed by atoms with E-state index in [9.17, 15) is 0 Å². The molecule has 0 aliphatic carbocycles. The van der Waals surface area contributed by atoms with Crippen LogP contribution in [-0.2, 0) is 6.42 Å². The van der Waals surface area contributed by atoms with Crippen LogP contribution in [0.3, 0.4) is 0 Å². The van der Waals surface area contributed by atoms with Gasteiger partial charge in [0.2, 0.25) is 0 Å². The molecule has 0 radical (unpaired) electrons. The van der Waals surface area contributed by atoms with Gasteiger partial charge in [0, 0.05) is 5.56 Å². The van der Waals surface area contributed by atoms with Gasteiger partial charge in [0.25, 0.3) is 0 Å². The highest BCUT2D eigenvalue weighted by Crippen LogP contribution is 2.20. The van der Waals surface area contributed by atoms with Crippen molar-refractivity contribution in [3.05, 3.63) is 48.2 Å². The molecule has 0 fully saturated rings. The average Bonchev–Trinajstić information content (AvgIpc) is 2.40. The molecule has 0 bridgehead atoms. The van der Waals surface area contributed by atoms with Crippen molar-refractivity contribution >= 4 is 0 Å². The fourth-order valence-corrected chi connectivity index (χ4v) is 1.72. The van der Waals surface area contributed by atoms with Crippen LogP contribution in [0.15, 0.2) is 42.6 Å². The van der Waals surface area contributed by atoms with E-state index in [1.165, 1.54) is 5.56 Å². The van der Waals surface area contributed by atoms with E-state index in [1.54, 1.807) is 13.3 Å². The molecule has 0 atom stereocenters. The molecular weight excluding hydrogens is 212 g/mol. The number of methoxy groups -OCH3 is 1. The molecule has 2 aromatic rings. The molecule has 2 rings (SSSR count). The van der Waals surface area contributed by atoms with E-state index in [1.807, 2.05) is 18.2 Å². The number of rotatable bonds is 4. The summed E-state index contributed by atoms with van der Waals surface area (Å²) in [5.41, 5.74) is 8.85. The van der Waals surface area contributed by atoms with Crippen LogP contribution in [0.25, 0.3) is 11.3 Å². The van der Waals surface area contributed by atoms with Gasteiger partial charge in [-0.05, 0) is 36.7 Å². The minimum Gasteiger partial charge on any atom is -0.495 e. The second kappa shape index (κ2) is 5.46. The summed E-state index contributed by atoms with van der Waals surface area (Å²) in [7, 11) is 1.64. The third-order valence-electron chi connectivity index (χ3n) is 2.63. The van der Waals surface area contributed by atoms with Crippen molar-refractivity contribution in [2.75, 3.05) is 13.7 Å². The molecule has 0 unspecified atom stereocenters. The summed E-state index contributed by atoms with van der Waals surface area (Å²) in [6, 6.07) is 12.2. The first-order valence-electron chi connectivity index (χ1n) is 5.63. The van der Waals surface area contributed by atoms with Gasteiger partial charge in [-0.3, -0.25) is 4.98 Å². The van der Waals surface area contributed by atoms with Gasteiger partial charge in [0.1, 0.15) is 5.75 Å². The van der Waals surface area contributed by atoms with Gasteiger partial charge in [-0.1, -0.05) is 18.2 Å². The molecule has 0 aliphatic heterocycles. The fraction of sp³-hybridized carbons (Fsp3) is 0.214. The number of aromatic nitrogens is 1. The van der Waals surface area contributed by atoms with Gasteiger partial charge in [-0.25, -0.2) is 0 Å². The second-order valence-corrected chi connectivity index (χ2v) is 3.82. The number of pyridine rings is 1. The number of nitrogens with zero attached hydrogens (tertiary/aromatic N) is 1. The van der Waals surface area contributed by atoms with E-state index < -0.39 is 0 Å². The molecule has 2 N–H and O–H groups in total. The Bertz CT molecular complexity index is 480. The quantitative estimate of drug-likeness (QED) is 0.873. The predicted molar refractivity (Wildman–Crippen MR) is 69.0 cm³/mol. The minimum atomic E-state index is 0.666. The Balaban J connectivity index is 2.28. The van der Waals surface area contributed by atoms with Crippen molar-refractivity contribution in [3.8, 4) is 17.0 Å². The Morgan fingerprint density at radius 3 is 2.76 bits per heavy atom. The highest BCUT2D eigenvalue weighted by Gasteiger charge is 2.01. The van der Waals surface area contributed by atoms with Gasteiger partial charge < -0.3 is 10.5 Å². The zero-order chi connectivity index (χ0) is 12.1. The highest BCUT2D eigenvalue weighted by atomic mass is 16.5. The van der Waals surface area contributed by atoms with E-state index in [4.69, 9.17) is 10.5 Å². The van der Waals surface area contributed by atoms with Gasteiger partial charge in [-0.15, -0.1) is 0 Å². The summed E-state index contributed by atoms with van der Waals surface area (Å²) in [5.74, 6) is 0.770. The zero-order valence-electron chi connectivity index (χ0n) is 9.89. The predicted octanol–water partition coefficient (Wildman–Crippen LogP) is 2.26. The zero-order valence-corrected chi connectivity index (χ0v) is 9.89. The van der Waals surface area contributed by atoms with E-state index in [2.05, 4.69) is 23.2 Å². The van der Waals surface area contributed by atoms with E-state index >= 15 is 0 Å². The Morgan fingerprint density at radius 1 is 1.24 bits per heavy atom. The van der Waals surface area contributed by atoms with Crippen LogP contribution >= 0.6 is 0 Å². The standard InChI is InChI=1S/C14H16N2O/c1-17-13-5-6-14(16-10-13)12-4-2-3-11(9-12)7-8-15/h2-6,9-10H,7-8,15H2,1H3. The third-order valence-corrected chi connectivity index (χ3v) is 2.63. The number of ether oxygens (including phenoxy) is 1. The first-order valence-corrected chi connectivity index (χ1v) is 5.63. The molecule has 1 heterocycles. The van der Waals surface area contributed by atoms with Crippen LogP contribution < -0.4 is 10.5 Å². The molecule has 1 aromatic carbocycles. The summed E-state index contributed by atoms with van der Waals surface area (Å²) in [4.78, 5) is 4.36. The summed E-state index contributed by atoms with van der Waals surface area (Å²) in [5, 5.41) is 0. The molecule has 88 valence electrons. The highest BCUT2D eigenvalue weighted by molar-refractivity contribution is 5.60. The first kappa shape index (κ1) is 11.6. The molecule has 1 aromatic heterocycles. The number of benzene rings is 1. The maximum atomic E-state index is 5.56. The van der Waals surface area contributed by atoms with Crippen LogP contribution in [-0.4, -0.2) is 18.6 Å². The molecule has 0 spiro atoms. The van der Waals surface area contributed by atoms with Gasteiger partial charge in [0.15, 0.2) is 0 Å². The molecule has 17 heavy (non-hydrogen) atoms. The second-order valence-electron chi connectivity index (χ2n) is 3.82. The molecule has 3 heteroatoms. The maximum Gasteiger partial charge on any atom is 0.137 e. The van der Waals surface area contributed by atoms with E-state index in [-0.39, 0.29) is 0 Å². The first-order chi connectivity index (χ1) is 8.33.